The van der Waals surface area contributed by atoms with Gasteiger partial charge in [0.05, 0.1) is 11.3 Å². The number of hydrogen-bond acceptors (Lipinski definition) is 3. The quantitative estimate of drug-likeness (QED) is 0.777. The Morgan fingerprint density at radius 3 is 2.67 bits per heavy atom. The van der Waals surface area contributed by atoms with Crippen molar-refractivity contribution in [1.82, 2.24) is 4.90 Å². The number of carboxylic acids is 1. The van der Waals surface area contributed by atoms with Crippen LogP contribution in [0.5, 0.6) is 0 Å². The molecule has 2 rings (SSSR count). The third kappa shape index (κ3) is 3.39. The Labute approximate surface area is 126 Å². The summed E-state index contributed by atoms with van der Waals surface area (Å²) in [7, 11) is 0. The Balaban J connectivity index is 2.05. The monoisotopic (exact) mass is 296 g/mol. The maximum absolute atomic E-state index is 12.7. The van der Waals surface area contributed by atoms with Gasteiger partial charge in [0.1, 0.15) is 0 Å². The van der Waals surface area contributed by atoms with Gasteiger partial charge >= 0.3 is 5.97 Å². The van der Waals surface area contributed by atoms with Gasteiger partial charge in [-0.2, -0.15) is 0 Å². The highest BCUT2D eigenvalue weighted by Crippen LogP contribution is 2.37. The zero-order valence-electron chi connectivity index (χ0n) is 13.0. The van der Waals surface area contributed by atoms with Gasteiger partial charge in [-0.25, -0.2) is 0 Å². The number of carbonyl (C=O) groups is 2. The van der Waals surface area contributed by atoms with Crippen LogP contribution in [0.3, 0.4) is 0 Å². The van der Waals surface area contributed by atoms with Gasteiger partial charge in [0.15, 0.2) is 0 Å². The number of nitrogens with zero attached hydrogens (tertiary/aromatic N) is 1. The normalized spacial score (nSPS) is 33.7. The molecule has 0 aromatic carbocycles. The second-order valence-corrected chi connectivity index (χ2v) is 6.75. The van der Waals surface area contributed by atoms with E-state index in [0.717, 1.165) is 38.5 Å². The molecule has 2 aliphatic rings. The molecule has 0 aromatic heterocycles. The summed E-state index contributed by atoms with van der Waals surface area (Å²) in [6.45, 7) is 2.92. The summed E-state index contributed by atoms with van der Waals surface area (Å²) in [5, 5.41) is 9.54. The van der Waals surface area contributed by atoms with Gasteiger partial charge in [-0.15, -0.1) is 0 Å². The van der Waals surface area contributed by atoms with Crippen LogP contribution < -0.4 is 5.73 Å². The molecule has 1 saturated heterocycles. The van der Waals surface area contributed by atoms with Crippen molar-refractivity contribution in [2.75, 3.05) is 13.1 Å². The molecule has 0 spiro atoms. The van der Waals surface area contributed by atoms with Crippen LogP contribution in [0.4, 0.5) is 0 Å². The van der Waals surface area contributed by atoms with Crippen molar-refractivity contribution in [2.45, 2.75) is 64.3 Å². The highest BCUT2D eigenvalue weighted by Gasteiger charge is 2.46. The fourth-order valence-corrected chi connectivity index (χ4v) is 3.90. The van der Waals surface area contributed by atoms with Gasteiger partial charge in [-0.1, -0.05) is 32.6 Å². The highest BCUT2D eigenvalue weighted by molar-refractivity contribution is 5.82. The Morgan fingerprint density at radius 2 is 2.00 bits per heavy atom. The summed E-state index contributed by atoms with van der Waals surface area (Å²) in [5.74, 6) is -0.785. The Morgan fingerprint density at radius 1 is 1.29 bits per heavy atom. The number of hydrogen-bond donors (Lipinski definition) is 2. The molecule has 1 amide bonds. The van der Waals surface area contributed by atoms with Crippen LogP contribution in [-0.4, -0.2) is 41.0 Å². The third-order valence-electron chi connectivity index (χ3n) is 5.23. The standard InChI is InChI=1S/C16H28N2O3/c1-2-8-16(15(20)21)9-10-18(11-16)14(19)12-6-4-3-5-7-13(12)17/h12-13H,2-11,17H2,1H3,(H,20,21). The maximum atomic E-state index is 12.7. The van der Waals surface area contributed by atoms with E-state index in [2.05, 4.69) is 0 Å². The van der Waals surface area contributed by atoms with E-state index in [-0.39, 0.29) is 17.9 Å². The number of rotatable bonds is 4. The van der Waals surface area contributed by atoms with E-state index in [9.17, 15) is 14.7 Å². The van der Waals surface area contributed by atoms with Gasteiger partial charge in [0.2, 0.25) is 5.91 Å². The van der Waals surface area contributed by atoms with Gasteiger partial charge in [-0.05, 0) is 25.7 Å². The lowest BCUT2D eigenvalue weighted by atomic mass is 9.82. The smallest absolute Gasteiger partial charge is 0.311 e. The molecule has 0 bridgehead atoms. The lowest BCUT2D eigenvalue weighted by molar-refractivity contribution is -0.149. The fraction of sp³-hybridized carbons (Fsp3) is 0.875. The first-order chi connectivity index (χ1) is 10.00. The maximum Gasteiger partial charge on any atom is 0.311 e. The lowest BCUT2D eigenvalue weighted by Crippen LogP contribution is -2.44. The second-order valence-electron chi connectivity index (χ2n) is 6.75. The van der Waals surface area contributed by atoms with E-state index in [0.29, 0.717) is 25.9 Å². The third-order valence-corrected chi connectivity index (χ3v) is 5.23. The molecular weight excluding hydrogens is 268 g/mol. The predicted molar refractivity (Wildman–Crippen MR) is 80.7 cm³/mol. The topological polar surface area (TPSA) is 83.6 Å². The van der Waals surface area contributed by atoms with Crippen LogP contribution in [0, 0.1) is 11.3 Å². The summed E-state index contributed by atoms with van der Waals surface area (Å²) in [6, 6.07) is -0.0639. The number of likely N-dealkylation sites (tertiary alicyclic amines) is 1. The lowest BCUT2D eigenvalue weighted by Gasteiger charge is -2.28. The molecule has 3 atom stereocenters. The molecular formula is C16H28N2O3. The molecule has 2 fully saturated rings. The van der Waals surface area contributed by atoms with Crippen molar-refractivity contribution in [1.29, 1.82) is 0 Å². The summed E-state index contributed by atoms with van der Waals surface area (Å²) in [6.07, 6.45) is 7.10. The molecule has 1 aliphatic carbocycles. The van der Waals surface area contributed by atoms with Crippen LogP contribution in [0.2, 0.25) is 0 Å². The molecule has 5 nitrogen and oxygen atoms in total. The van der Waals surface area contributed by atoms with Gasteiger partial charge in [-0.3, -0.25) is 9.59 Å². The Kier molecular flexibility index (Phi) is 5.25. The van der Waals surface area contributed by atoms with Gasteiger partial charge in [0, 0.05) is 19.1 Å². The van der Waals surface area contributed by atoms with Crippen molar-refractivity contribution in [3.63, 3.8) is 0 Å². The summed E-state index contributed by atoms with van der Waals surface area (Å²) >= 11 is 0. The molecule has 0 aromatic rings. The van der Waals surface area contributed by atoms with E-state index >= 15 is 0 Å². The van der Waals surface area contributed by atoms with Crippen LogP contribution in [0.15, 0.2) is 0 Å². The SMILES string of the molecule is CCCC1(C(=O)O)CCN(C(=O)C2CCCCCC2N)C1. The van der Waals surface area contributed by atoms with Crippen molar-refractivity contribution < 1.29 is 14.7 Å². The second kappa shape index (κ2) is 6.77. The van der Waals surface area contributed by atoms with Crippen molar-refractivity contribution in [3.05, 3.63) is 0 Å². The van der Waals surface area contributed by atoms with E-state index in [4.69, 9.17) is 5.73 Å². The van der Waals surface area contributed by atoms with Gasteiger partial charge in [0.25, 0.3) is 0 Å². The molecule has 1 aliphatic heterocycles. The number of carbonyl (C=O) groups excluding carboxylic acids is 1. The van der Waals surface area contributed by atoms with E-state index in [1.54, 1.807) is 4.90 Å². The van der Waals surface area contributed by atoms with Crippen molar-refractivity contribution in [2.24, 2.45) is 17.1 Å². The van der Waals surface area contributed by atoms with E-state index in [1.807, 2.05) is 6.92 Å². The predicted octanol–water partition coefficient (Wildman–Crippen LogP) is 2.00. The summed E-state index contributed by atoms with van der Waals surface area (Å²) in [4.78, 5) is 26.1. The molecule has 120 valence electrons. The zero-order chi connectivity index (χ0) is 15.5. The van der Waals surface area contributed by atoms with Crippen LogP contribution in [-0.2, 0) is 9.59 Å². The largest absolute Gasteiger partial charge is 0.481 e. The molecule has 21 heavy (non-hydrogen) atoms. The molecule has 5 heteroatoms. The Bertz CT molecular complexity index is 399. The summed E-state index contributed by atoms with van der Waals surface area (Å²) in [5.41, 5.74) is 5.43. The minimum absolute atomic E-state index is 0.0639. The first-order valence-electron chi connectivity index (χ1n) is 8.28. The molecule has 1 saturated carbocycles. The van der Waals surface area contributed by atoms with Crippen LogP contribution in [0.25, 0.3) is 0 Å². The number of carboxylic acid groups (broad SMARTS) is 1. The first kappa shape index (κ1) is 16.3. The highest BCUT2D eigenvalue weighted by atomic mass is 16.4. The Hall–Kier alpha value is -1.10. The minimum atomic E-state index is -0.759. The summed E-state index contributed by atoms with van der Waals surface area (Å²) < 4.78 is 0. The average molecular weight is 296 g/mol. The average Bonchev–Trinajstić information content (AvgIpc) is 2.76. The fourth-order valence-electron chi connectivity index (χ4n) is 3.90. The molecule has 3 N–H and O–H groups in total. The molecule has 1 heterocycles. The van der Waals surface area contributed by atoms with E-state index in [1.165, 1.54) is 0 Å². The zero-order valence-corrected chi connectivity index (χ0v) is 13.0. The van der Waals surface area contributed by atoms with Crippen molar-refractivity contribution in [3.8, 4) is 0 Å². The van der Waals surface area contributed by atoms with Crippen LogP contribution in [0.1, 0.15) is 58.3 Å². The van der Waals surface area contributed by atoms with Crippen molar-refractivity contribution >= 4 is 11.9 Å². The number of amides is 1. The van der Waals surface area contributed by atoms with E-state index < -0.39 is 11.4 Å². The van der Waals surface area contributed by atoms with Gasteiger partial charge < -0.3 is 15.7 Å². The van der Waals surface area contributed by atoms with Crippen LogP contribution >= 0.6 is 0 Å². The molecule has 0 radical (unpaired) electrons. The molecule has 3 unspecified atom stereocenters. The number of aliphatic carboxylic acids is 1. The minimum Gasteiger partial charge on any atom is -0.481 e. The number of nitrogens with two attached hydrogens (primary N) is 1. The first-order valence-corrected chi connectivity index (χ1v) is 8.28.